The summed E-state index contributed by atoms with van der Waals surface area (Å²) in [4.78, 5) is 39.7. The molecule has 2 amide bonds. The number of benzene rings is 3. The maximum atomic E-state index is 13.1. The molecule has 1 heterocycles. The second-order valence-electron chi connectivity index (χ2n) is 8.89. The van der Waals surface area contributed by atoms with Gasteiger partial charge in [0.1, 0.15) is 11.5 Å². The molecule has 0 spiro atoms. The van der Waals surface area contributed by atoms with Gasteiger partial charge < -0.3 is 24.8 Å². The van der Waals surface area contributed by atoms with E-state index in [1.807, 2.05) is 13.0 Å². The van der Waals surface area contributed by atoms with E-state index < -0.39 is 5.92 Å². The van der Waals surface area contributed by atoms with Crippen molar-refractivity contribution in [3.8, 4) is 22.6 Å². The molecule has 0 aliphatic carbocycles. The maximum absolute atomic E-state index is 13.1. The van der Waals surface area contributed by atoms with Gasteiger partial charge in [-0.1, -0.05) is 37.6 Å². The van der Waals surface area contributed by atoms with Gasteiger partial charge in [-0.2, -0.15) is 0 Å². The van der Waals surface area contributed by atoms with Gasteiger partial charge in [0, 0.05) is 24.2 Å². The molecule has 0 aromatic heterocycles. The van der Waals surface area contributed by atoms with Gasteiger partial charge in [-0.05, 0) is 60.0 Å². The third-order valence-corrected chi connectivity index (χ3v) is 6.27. The Bertz CT molecular complexity index is 1290. The van der Waals surface area contributed by atoms with Gasteiger partial charge in [-0.15, -0.1) is 0 Å². The summed E-state index contributed by atoms with van der Waals surface area (Å²) < 4.78 is 10.7. The Labute approximate surface area is 215 Å². The number of nitrogens with one attached hydrogen (secondary N) is 1. The normalized spacial score (nSPS) is 14.9. The molecular weight excluding hydrogens is 472 g/mol. The van der Waals surface area contributed by atoms with Crippen molar-refractivity contribution < 1.29 is 29.0 Å². The largest absolute Gasteiger partial charge is 0.508 e. The van der Waals surface area contributed by atoms with Crippen molar-refractivity contribution in [2.24, 2.45) is 5.92 Å². The number of unbranched alkanes of at least 4 members (excludes halogenated alkanes) is 1. The zero-order chi connectivity index (χ0) is 26.4. The standard InChI is InChI=1S/C29H30N2O6/c1-3-4-14-37-29(35)22-16-27(33)31(18-22)23-10-13-26(36-2)25(17-23)30-28(34)21-7-5-6-20(15-21)19-8-11-24(32)12-9-19/h5-13,15,17,22,32H,3-4,14,16,18H2,1-2H3,(H,30,34). The molecule has 3 aromatic rings. The highest BCUT2D eigenvalue weighted by Crippen LogP contribution is 2.33. The Balaban J connectivity index is 1.51. The number of aromatic hydroxyl groups is 1. The minimum Gasteiger partial charge on any atom is -0.508 e. The summed E-state index contributed by atoms with van der Waals surface area (Å²) in [6, 6.07) is 18.9. The van der Waals surface area contributed by atoms with E-state index in [4.69, 9.17) is 9.47 Å². The average molecular weight is 503 g/mol. The Morgan fingerprint density at radius 3 is 2.57 bits per heavy atom. The molecule has 1 saturated heterocycles. The van der Waals surface area contributed by atoms with E-state index in [-0.39, 0.29) is 36.5 Å². The molecule has 0 radical (unpaired) electrons. The van der Waals surface area contributed by atoms with Gasteiger partial charge in [0.15, 0.2) is 0 Å². The highest BCUT2D eigenvalue weighted by atomic mass is 16.5. The van der Waals surface area contributed by atoms with Gasteiger partial charge in [0.25, 0.3) is 5.91 Å². The van der Waals surface area contributed by atoms with Crippen LogP contribution in [0.1, 0.15) is 36.5 Å². The fraction of sp³-hybridized carbons (Fsp3) is 0.276. The lowest BCUT2D eigenvalue weighted by Gasteiger charge is -2.19. The Morgan fingerprint density at radius 2 is 1.84 bits per heavy atom. The minimum atomic E-state index is -0.521. The zero-order valence-electron chi connectivity index (χ0n) is 20.9. The minimum absolute atomic E-state index is 0.0860. The van der Waals surface area contributed by atoms with E-state index >= 15 is 0 Å². The van der Waals surface area contributed by atoms with Crippen molar-refractivity contribution >= 4 is 29.2 Å². The van der Waals surface area contributed by atoms with Crippen molar-refractivity contribution in [1.29, 1.82) is 0 Å². The summed E-state index contributed by atoms with van der Waals surface area (Å²) in [6.07, 6.45) is 1.79. The van der Waals surface area contributed by atoms with Crippen LogP contribution in [-0.4, -0.2) is 43.2 Å². The molecule has 1 aliphatic rings. The number of nitrogens with zero attached hydrogens (tertiary/aromatic N) is 1. The monoisotopic (exact) mass is 502 g/mol. The number of phenolic OH excluding ortho intramolecular Hbond substituents is 1. The molecule has 37 heavy (non-hydrogen) atoms. The summed E-state index contributed by atoms with van der Waals surface area (Å²) in [6.45, 7) is 2.59. The van der Waals surface area contributed by atoms with Crippen LogP contribution in [-0.2, 0) is 14.3 Å². The van der Waals surface area contributed by atoms with E-state index in [1.165, 1.54) is 12.0 Å². The molecule has 1 fully saturated rings. The summed E-state index contributed by atoms with van der Waals surface area (Å²) >= 11 is 0. The van der Waals surface area contributed by atoms with Crippen molar-refractivity contribution in [3.05, 3.63) is 72.3 Å². The third-order valence-electron chi connectivity index (χ3n) is 6.27. The van der Waals surface area contributed by atoms with E-state index in [1.54, 1.807) is 60.7 Å². The van der Waals surface area contributed by atoms with Crippen LogP contribution in [0, 0.1) is 5.92 Å². The van der Waals surface area contributed by atoms with E-state index in [0.717, 1.165) is 24.0 Å². The van der Waals surface area contributed by atoms with Crippen LogP contribution in [0.25, 0.3) is 11.1 Å². The lowest BCUT2D eigenvalue weighted by Crippen LogP contribution is -2.26. The van der Waals surface area contributed by atoms with Crippen molar-refractivity contribution in [2.75, 3.05) is 30.5 Å². The Morgan fingerprint density at radius 1 is 1.05 bits per heavy atom. The molecule has 0 saturated carbocycles. The van der Waals surface area contributed by atoms with Gasteiger partial charge in [-0.3, -0.25) is 14.4 Å². The van der Waals surface area contributed by atoms with Gasteiger partial charge >= 0.3 is 5.97 Å². The first-order valence-corrected chi connectivity index (χ1v) is 12.3. The first-order chi connectivity index (χ1) is 17.9. The molecule has 8 heteroatoms. The number of methoxy groups -OCH3 is 1. The van der Waals surface area contributed by atoms with E-state index in [0.29, 0.717) is 29.3 Å². The Hall–Kier alpha value is -4.33. The first kappa shape index (κ1) is 25.8. The van der Waals surface area contributed by atoms with Crippen LogP contribution in [0.2, 0.25) is 0 Å². The molecule has 8 nitrogen and oxygen atoms in total. The smallest absolute Gasteiger partial charge is 0.311 e. The van der Waals surface area contributed by atoms with Crippen molar-refractivity contribution in [1.82, 2.24) is 0 Å². The summed E-state index contributed by atoms with van der Waals surface area (Å²) in [7, 11) is 1.50. The highest BCUT2D eigenvalue weighted by Gasteiger charge is 2.36. The van der Waals surface area contributed by atoms with Crippen LogP contribution in [0.4, 0.5) is 11.4 Å². The third kappa shape index (κ3) is 6.09. The van der Waals surface area contributed by atoms with Crippen LogP contribution in [0.15, 0.2) is 66.7 Å². The number of hydrogen-bond donors (Lipinski definition) is 2. The second kappa shape index (κ2) is 11.6. The van der Waals surface area contributed by atoms with E-state index in [2.05, 4.69) is 5.32 Å². The molecule has 0 bridgehead atoms. The lowest BCUT2D eigenvalue weighted by molar-refractivity contribution is -0.148. The van der Waals surface area contributed by atoms with E-state index in [9.17, 15) is 19.5 Å². The lowest BCUT2D eigenvalue weighted by atomic mass is 10.0. The maximum Gasteiger partial charge on any atom is 0.311 e. The van der Waals surface area contributed by atoms with Crippen LogP contribution < -0.4 is 15.0 Å². The number of amides is 2. The second-order valence-corrected chi connectivity index (χ2v) is 8.89. The molecular formula is C29H30N2O6. The fourth-order valence-corrected chi connectivity index (χ4v) is 4.20. The predicted octanol–water partition coefficient (Wildman–Crippen LogP) is 5.02. The summed E-state index contributed by atoms with van der Waals surface area (Å²) in [5.41, 5.74) is 3.09. The molecule has 1 aliphatic heterocycles. The zero-order valence-corrected chi connectivity index (χ0v) is 20.9. The van der Waals surface area contributed by atoms with Gasteiger partial charge in [0.05, 0.1) is 25.3 Å². The van der Waals surface area contributed by atoms with Crippen molar-refractivity contribution in [2.45, 2.75) is 26.2 Å². The molecule has 4 rings (SSSR count). The van der Waals surface area contributed by atoms with Crippen molar-refractivity contribution in [3.63, 3.8) is 0 Å². The molecule has 3 aromatic carbocycles. The van der Waals surface area contributed by atoms with Gasteiger partial charge in [0.2, 0.25) is 5.91 Å². The number of hydrogen-bond acceptors (Lipinski definition) is 6. The quantitative estimate of drug-likeness (QED) is 0.315. The topological polar surface area (TPSA) is 105 Å². The summed E-state index contributed by atoms with van der Waals surface area (Å²) in [5.74, 6) is -0.801. The fourth-order valence-electron chi connectivity index (χ4n) is 4.20. The predicted molar refractivity (Wildman–Crippen MR) is 141 cm³/mol. The number of ether oxygens (including phenoxy) is 2. The number of esters is 1. The number of carbonyl (C=O) groups excluding carboxylic acids is 3. The molecule has 1 unspecified atom stereocenters. The number of anilines is 2. The first-order valence-electron chi connectivity index (χ1n) is 12.3. The van der Waals surface area contributed by atoms with Crippen LogP contribution in [0.5, 0.6) is 11.5 Å². The van der Waals surface area contributed by atoms with Gasteiger partial charge in [-0.25, -0.2) is 0 Å². The van der Waals surface area contributed by atoms with Crippen LogP contribution in [0.3, 0.4) is 0 Å². The van der Waals surface area contributed by atoms with Crippen LogP contribution >= 0.6 is 0 Å². The highest BCUT2D eigenvalue weighted by molar-refractivity contribution is 6.06. The molecule has 192 valence electrons. The summed E-state index contributed by atoms with van der Waals surface area (Å²) in [5, 5.41) is 12.4. The molecule has 1 atom stereocenters. The number of rotatable bonds is 9. The number of phenols is 1. The molecule has 2 N–H and O–H groups in total. The Kier molecular flexibility index (Phi) is 8.08. The number of carbonyl (C=O) groups is 3. The SMILES string of the molecule is CCCCOC(=O)C1CC(=O)N(c2ccc(OC)c(NC(=O)c3cccc(-c4ccc(O)cc4)c3)c2)C1. The average Bonchev–Trinajstić information content (AvgIpc) is 3.31.